The van der Waals surface area contributed by atoms with Crippen LogP contribution in [0.1, 0.15) is 13.8 Å². The molecular formula is C13H18N2O4. The van der Waals surface area contributed by atoms with Crippen molar-refractivity contribution in [2.24, 2.45) is 0 Å². The Labute approximate surface area is 112 Å². The average molecular weight is 266 g/mol. The second kappa shape index (κ2) is 7.38. The topological polar surface area (TPSA) is 76.7 Å². The summed E-state index contributed by atoms with van der Waals surface area (Å²) in [6.07, 6.45) is 0. The van der Waals surface area contributed by atoms with E-state index in [1.807, 2.05) is 6.92 Å². The first kappa shape index (κ1) is 15.0. The number of hydrogen-bond donors (Lipinski definition) is 2. The minimum absolute atomic E-state index is 0.00621. The van der Waals surface area contributed by atoms with Crippen LogP contribution in [0, 0.1) is 0 Å². The lowest BCUT2D eigenvalue weighted by Crippen LogP contribution is -2.18. The molecule has 104 valence electrons. The normalized spacial score (nSPS) is 9.84. The van der Waals surface area contributed by atoms with Crippen molar-refractivity contribution in [3.05, 3.63) is 18.2 Å². The summed E-state index contributed by atoms with van der Waals surface area (Å²) in [5.74, 6) is 0.0482. The number of rotatable bonds is 6. The summed E-state index contributed by atoms with van der Waals surface area (Å²) < 4.78 is 10.2. The summed E-state index contributed by atoms with van der Waals surface area (Å²) >= 11 is 0. The van der Waals surface area contributed by atoms with Gasteiger partial charge in [-0.1, -0.05) is 0 Å². The van der Waals surface area contributed by atoms with E-state index < -0.39 is 0 Å². The first-order valence-corrected chi connectivity index (χ1v) is 5.90. The van der Waals surface area contributed by atoms with Crippen molar-refractivity contribution >= 4 is 23.2 Å². The van der Waals surface area contributed by atoms with E-state index in [0.29, 0.717) is 23.7 Å². The number of methoxy groups -OCH3 is 1. The Morgan fingerprint density at radius 2 is 2.00 bits per heavy atom. The number of carbonyl (C=O) groups excluding carboxylic acids is 2. The molecule has 0 aliphatic carbocycles. The first-order valence-electron chi connectivity index (χ1n) is 5.90. The number of nitrogens with one attached hydrogen (secondary N) is 2. The molecule has 2 N–H and O–H groups in total. The first-order chi connectivity index (χ1) is 9.06. The van der Waals surface area contributed by atoms with Crippen LogP contribution >= 0.6 is 0 Å². The van der Waals surface area contributed by atoms with Crippen molar-refractivity contribution in [3.63, 3.8) is 0 Å². The molecule has 1 aromatic carbocycles. The highest BCUT2D eigenvalue weighted by atomic mass is 16.5. The predicted octanol–water partition coefficient (Wildman–Crippen LogP) is 1.63. The van der Waals surface area contributed by atoms with Gasteiger partial charge in [0.1, 0.15) is 12.4 Å². The lowest BCUT2D eigenvalue weighted by Gasteiger charge is -2.11. The van der Waals surface area contributed by atoms with E-state index in [2.05, 4.69) is 10.6 Å². The SMILES string of the molecule is CCOCC(=O)Nc1ccc(NC(C)=O)c(OC)c1. The van der Waals surface area contributed by atoms with Gasteiger partial charge in [-0.3, -0.25) is 9.59 Å². The van der Waals surface area contributed by atoms with E-state index >= 15 is 0 Å². The number of anilines is 2. The monoisotopic (exact) mass is 266 g/mol. The van der Waals surface area contributed by atoms with E-state index in [4.69, 9.17) is 9.47 Å². The van der Waals surface area contributed by atoms with Gasteiger partial charge in [0.05, 0.1) is 12.8 Å². The molecule has 19 heavy (non-hydrogen) atoms. The van der Waals surface area contributed by atoms with Crippen molar-refractivity contribution < 1.29 is 19.1 Å². The third-order valence-corrected chi connectivity index (χ3v) is 2.23. The largest absolute Gasteiger partial charge is 0.494 e. The Kier molecular flexibility index (Phi) is 5.81. The van der Waals surface area contributed by atoms with Crippen LogP contribution in [0.15, 0.2) is 18.2 Å². The lowest BCUT2D eigenvalue weighted by molar-refractivity contribution is -0.120. The van der Waals surface area contributed by atoms with Gasteiger partial charge >= 0.3 is 0 Å². The molecule has 0 unspecified atom stereocenters. The highest BCUT2D eigenvalue weighted by molar-refractivity contribution is 5.94. The number of benzene rings is 1. The minimum atomic E-state index is -0.240. The zero-order valence-electron chi connectivity index (χ0n) is 11.3. The van der Waals surface area contributed by atoms with Gasteiger partial charge < -0.3 is 20.1 Å². The molecule has 0 aliphatic rings. The second-order valence-electron chi connectivity index (χ2n) is 3.78. The predicted molar refractivity (Wildman–Crippen MR) is 72.4 cm³/mol. The number of ether oxygens (including phenoxy) is 2. The Morgan fingerprint density at radius 1 is 1.26 bits per heavy atom. The van der Waals surface area contributed by atoms with Gasteiger partial charge in [-0.05, 0) is 19.1 Å². The Hall–Kier alpha value is -2.08. The summed E-state index contributed by atoms with van der Waals surface area (Å²) in [5.41, 5.74) is 1.13. The summed E-state index contributed by atoms with van der Waals surface area (Å²) in [6, 6.07) is 4.98. The van der Waals surface area contributed by atoms with Crippen LogP contribution in [0.3, 0.4) is 0 Å². The van der Waals surface area contributed by atoms with Crippen molar-refractivity contribution in [3.8, 4) is 5.75 Å². The van der Waals surface area contributed by atoms with Gasteiger partial charge in [0.2, 0.25) is 11.8 Å². The van der Waals surface area contributed by atoms with Crippen LogP contribution in [0.4, 0.5) is 11.4 Å². The molecule has 0 atom stereocenters. The molecule has 0 saturated carbocycles. The fourth-order valence-corrected chi connectivity index (χ4v) is 1.45. The third kappa shape index (κ3) is 4.97. The van der Waals surface area contributed by atoms with Gasteiger partial charge in [0.25, 0.3) is 0 Å². The summed E-state index contributed by atoms with van der Waals surface area (Å²) in [6.45, 7) is 3.72. The van der Waals surface area contributed by atoms with Gasteiger partial charge in [0, 0.05) is 25.3 Å². The smallest absolute Gasteiger partial charge is 0.250 e. The number of hydrogen-bond acceptors (Lipinski definition) is 4. The van der Waals surface area contributed by atoms with E-state index in [1.165, 1.54) is 14.0 Å². The standard InChI is InChI=1S/C13H18N2O4/c1-4-19-8-13(17)15-10-5-6-11(14-9(2)16)12(7-10)18-3/h5-7H,4,8H2,1-3H3,(H,14,16)(H,15,17). The van der Waals surface area contributed by atoms with Gasteiger partial charge in [-0.25, -0.2) is 0 Å². The highest BCUT2D eigenvalue weighted by Crippen LogP contribution is 2.27. The molecule has 0 heterocycles. The molecule has 0 radical (unpaired) electrons. The number of carbonyl (C=O) groups is 2. The quantitative estimate of drug-likeness (QED) is 0.820. The molecule has 0 aromatic heterocycles. The van der Waals surface area contributed by atoms with Crippen LogP contribution in [0.2, 0.25) is 0 Å². The second-order valence-corrected chi connectivity index (χ2v) is 3.78. The zero-order chi connectivity index (χ0) is 14.3. The van der Waals surface area contributed by atoms with Gasteiger partial charge in [-0.2, -0.15) is 0 Å². The highest BCUT2D eigenvalue weighted by Gasteiger charge is 2.08. The summed E-state index contributed by atoms with van der Waals surface area (Å²) in [7, 11) is 1.49. The zero-order valence-corrected chi connectivity index (χ0v) is 11.3. The maximum atomic E-state index is 11.5. The van der Waals surface area contributed by atoms with E-state index in [-0.39, 0.29) is 18.4 Å². The van der Waals surface area contributed by atoms with Crippen LogP contribution in [0.25, 0.3) is 0 Å². The molecule has 1 rings (SSSR count). The van der Waals surface area contributed by atoms with Crippen LogP contribution < -0.4 is 15.4 Å². The molecule has 6 heteroatoms. The van der Waals surface area contributed by atoms with E-state index in [1.54, 1.807) is 18.2 Å². The van der Waals surface area contributed by atoms with Crippen LogP contribution in [-0.4, -0.2) is 32.1 Å². The summed E-state index contributed by atoms with van der Waals surface area (Å²) in [4.78, 5) is 22.5. The Bertz CT molecular complexity index is 460. The van der Waals surface area contributed by atoms with Crippen molar-refractivity contribution in [1.82, 2.24) is 0 Å². The van der Waals surface area contributed by atoms with Crippen LogP contribution in [-0.2, 0) is 14.3 Å². The van der Waals surface area contributed by atoms with Crippen molar-refractivity contribution in [1.29, 1.82) is 0 Å². The molecular weight excluding hydrogens is 248 g/mol. The molecule has 0 saturated heterocycles. The van der Waals surface area contributed by atoms with Gasteiger partial charge in [0.15, 0.2) is 0 Å². The maximum absolute atomic E-state index is 11.5. The number of amides is 2. The fourth-order valence-electron chi connectivity index (χ4n) is 1.45. The van der Waals surface area contributed by atoms with Crippen LogP contribution in [0.5, 0.6) is 5.75 Å². The molecule has 6 nitrogen and oxygen atoms in total. The van der Waals surface area contributed by atoms with E-state index in [9.17, 15) is 9.59 Å². The Morgan fingerprint density at radius 3 is 2.58 bits per heavy atom. The molecule has 0 bridgehead atoms. The molecule has 1 aromatic rings. The van der Waals surface area contributed by atoms with Crippen molar-refractivity contribution in [2.75, 3.05) is 31.0 Å². The minimum Gasteiger partial charge on any atom is -0.494 e. The lowest BCUT2D eigenvalue weighted by atomic mass is 10.2. The van der Waals surface area contributed by atoms with E-state index in [0.717, 1.165) is 0 Å². The van der Waals surface area contributed by atoms with Gasteiger partial charge in [-0.15, -0.1) is 0 Å². The molecule has 0 aliphatic heterocycles. The molecule has 0 fully saturated rings. The summed E-state index contributed by atoms with van der Waals surface area (Å²) in [5, 5.41) is 5.31. The average Bonchev–Trinajstić information content (AvgIpc) is 2.37. The maximum Gasteiger partial charge on any atom is 0.250 e. The third-order valence-electron chi connectivity index (χ3n) is 2.23. The molecule has 0 spiro atoms. The fraction of sp³-hybridized carbons (Fsp3) is 0.385. The Balaban J connectivity index is 2.76. The van der Waals surface area contributed by atoms with Crippen molar-refractivity contribution in [2.45, 2.75) is 13.8 Å². The molecule has 2 amide bonds.